The van der Waals surface area contributed by atoms with E-state index < -0.39 is 47.9 Å². The fourth-order valence-corrected chi connectivity index (χ4v) is 6.05. The van der Waals surface area contributed by atoms with E-state index in [4.69, 9.17) is 4.74 Å². The number of ether oxygens (including phenoxy) is 1. The number of carbonyl (C=O) groups excluding carboxylic acids is 5. The van der Waals surface area contributed by atoms with Gasteiger partial charge in [0.25, 0.3) is 5.91 Å². The van der Waals surface area contributed by atoms with Gasteiger partial charge >= 0.3 is 0 Å². The lowest BCUT2D eigenvalue weighted by atomic mass is 10.0. The quantitative estimate of drug-likeness (QED) is 0.355. The van der Waals surface area contributed by atoms with Crippen molar-refractivity contribution < 1.29 is 28.7 Å². The molecule has 13 heteroatoms. The van der Waals surface area contributed by atoms with Gasteiger partial charge in [0.15, 0.2) is 6.10 Å². The molecule has 3 N–H and O–H groups in total. The minimum atomic E-state index is -1.10. The number of carbonyl (C=O) groups is 5. The molecule has 0 aliphatic carbocycles. The lowest BCUT2D eigenvalue weighted by molar-refractivity contribution is -0.157. The Morgan fingerprint density at radius 3 is 2.51 bits per heavy atom. The molecule has 0 spiro atoms. The molecule has 0 saturated carbocycles. The van der Waals surface area contributed by atoms with Gasteiger partial charge in [-0.2, -0.15) is 0 Å². The van der Waals surface area contributed by atoms with Crippen molar-refractivity contribution in [2.45, 2.75) is 64.3 Å². The van der Waals surface area contributed by atoms with E-state index in [1.54, 1.807) is 11.1 Å². The number of benzene rings is 1. The number of aryl methyl sites for hydroxylation is 1. The molecule has 0 radical (unpaired) electrons. The lowest BCUT2D eigenvalue weighted by Crippen LogP contribution is -2.60. The second-order valence-electron chi connectivity index (χ2n) is 12.8. The van der Waals surface area contributed by atoms with Crippen LogP contribution < -0.4 is 16.0 Å². The lowest BCUT2D eigenvalue weighted by Gasteiger charge is -2.38. The summed E-state index contributed by atoms with van der Waals surface area (Å²) in [4.78, 5) is 74.8. The standard InChI is InChI=1S/C34H43N7O6/c1-21(2)13-26-32(44)36-17-25-18-40(30(43)15-24-16-35-31-22(3)9-8-12-41(24)31)19-28(47-25)33(45)38-27(14-23-10-6-5-7-11-23)34(46)39(4)20-29(42)37-26/h5-12,16,21,25-28H,13-15,17-20H2,1-4H3,(H,36,44)(H,37,42)(H,38,45)/t25-,26+,27-,28-/m1/s1. The Morgan fingerprint density at radius 1 is 1.00 bits per heavy atom. The molecule has 2 fully saturated rings. The van der Waals surface area contributed by atoms with Crippen molar-refractivity contribution in [3.8, 4) is 0 Å². The molecule has 13 nitrogen and oxygen atoms in total. The van der Waals surface area contributed by atoms with Crippen molar-refractivity contribution >= 4 is 35.2 Å². The molecule has 4 atom stereocenters. The molecule has 250 valence electrons. The van der Waals surface area contributed by atoms with Gasteiger partial charge in [-0.3, -0.25) is 24.0 Å². The number of nitrogens with one attached hydrogen (secondary N) is 3. The Bertz CT molecular complexity index is 1620. The molecule has 0 unspecified atom stereocenters. The van der Waals surface area contributed by atoms with Crippen molar-refractivity contribution in [1.82, 2.24) is 35.1 Å². The summed E-state index contributed by atoms with van der Waals surface area (Å²) in [5.74, 6) is -2.08. The number of likely N-dealkylation sites (N-methyl/N-ethyl adjacent to an activating group) is 1. The van der Waals surface area contributed by atoms with Gasteiger partial charge < -0.3 is 34.9 Å². The molecule has 5 amide bonds. The fourth-order valence-electron chi connectivity index (χ4n) is 6.05. The van der Waals surface area contributed by atoms with Gasteiger partial charge in [-0.1, -0.05) is 50.2 Å². The van der Waals surface area contributed by atoms with E-state index in [2.05, 4.69) is 20.9 Å². The molecule has 2 aliphatic heterocycles. The van der Waals surface area contributed by atoms with Crippen LogP contribution in [0.2, 0.25) is 0 Å². The number of nitrogens with zero attached hydrogens (tertiary/aromatic N) is 4. The van der Waals surface area contributed by atoms with E-state index >= 15 is 0 Å². The smallest absolute Gasteiger partial charge is 0.251 e. The highest BCUT2D eigenvalue weighted by Gasteiger charge is 2.38. The van der Waals surface area contributed by atoms with E-state index in [-0.39, 0.29) is 50.8 Å². The van der Waals surface area contributed by atoms with E-state index in [1.165, 1.54) is 11.9 Å². The van der Waals surface area contributed by atoms with Crippen molar-refractivity contribution in [3.05, 3.63) is 71.7 Å². The number of imidazole rings is 1. The molecule has 47 heavy (non-hydrogen) atoms. The van der Waals surface area contributed by atoms with E-state index in [1.807, 2.05) is 73.8 Å². The number of hydrogen-bond donors (Lipinski definition) is 3. The van der Waals surface area contributed by atoms with E-state index in [0.717, 1.165) is 16.8 Å². The van der Waals surface area contributed by atoms with Gasteiger partial charge in [-0.25, -0.2) is 4.98 Å². The Morgan fingerprint density at radius 2 is 1.77 bits per heavy atom. The molecule has 2 saturated heterocycles. The summed E-state index contributed by atoms with van der Waals surface area (Å²) in [6.45, 7) is 5.65. The third kappa shape index (κ3) is 8.33. The number of fused-ring (bicyclic) bond motifs is 3. The zero-order valence-corrected chi connectivity index (χ0v) is 27.3. The van der Waals surface area contributed by atoms with Crippen LogP contribution in [0.25, 0.3) is 5.65 Å². The van der Waals surface area contributed by atoms with Gasteiger partial charge in [-0.15, -0.1) is 0 Å². The third-order valence-corrected chi connectivity index (χ3v) is 8.47. The number of amides is 5. The summed E-state index contributed by atoms with van der Waals surface area (Å²) in [5, 5.41) is 8.46. The molecule has 2 aromatic heterocycles. The Hall–Kier alpha value is -4.78. The topological polar surface area (TPSA) is 154 Å². The van der Waals surface area contributed by atoms with Crippen LogP contribution in [0.15, 0.2) is 54.9 Å². The largest absolute Gasteiger partial charge is 0.360 e. The molecular formula is C34H43N7O6. The number of rotatable bonds is 6. The summed E-state index contributed by atoms with van der Waals surface area (Å²) >= 11 is 0. The summed E-state index contributed by atoms with van der Waals surface area (Å²) in [5.41, 5.74) is 3.25. The van der Waals surface area contributed by atoms with Gasteiger partial charge in [0.2, 0.25) is 23.6 Å². The van der Waals surface area contributed by atoms with Crippen LogP contribution in [0.4, 0.5) is 0 Å². The molecule has 3 aromatic rings. The summed E-state index contributed by atoms with van der Waals surface area (Å²) < 4.78 is 8.04. The molecule has 2 bridgehead atoms. The zero-order valence-electron chi connectivity index (χ0n) is 27.3. The maximum absolute atomic E-state index is 13.8. The van der Waals surface area contributed by atoms with Crippen LogP contribution >= 0.6 is 0 Å². The molecule has 5 rings (SSSR count). The zero-order chi connectivity index (χ0) is 33.7. The summed E-state index contributed by atoms with van der Waals surface area (Å²) in [7, 11) is 1.48. The first-order valence-corrected chi connectivity index (χ1v) is 16.0. The third-order valence-electron chi connectivity index (χ3n) is 8.47. The first-order chi connectivity index (χ1) is 22.5. The van der Waals surface area contributed by atoms with Crippen LogP contribution in [0.1, 0.15) is 37.1 Å². The first kappa shape index (κ1) is 33.6. The van der Waals surface area contributed by atoms with Crippen molar-refractivity contribution in [2.75, 3.05) is 33.2 Å². The Kier molecular flexibility index (Phi) is 10.5. The Balaban J connectivity index is 1.42. The monoisotopic (exact) mass is 645 g/mol. The van der Waals surface area contributed by atoms with Crippen molar-refractivity contribution in [1.29, 1.82) is 0 Å². The highest BCUT2D eigenvalue weighted by Crippen LogP contribution is 2.17. The van der Waals surface area contributed by atoms with Crippen LogP contribution in [0.5, 0.6) is 0 Å². The molecule has 2 aliphatic rings. The predicted molar refractivity (Wildman–Crippen MR) is 173 cm³/mol. The molecule has 1 aromatic carbocycles. The van der Waals surface area contributed by atoms with Crippen LogP contribution in [-0.2, 0) is 41.6 Å². The molecule has 4 heterocycles. The Labute approximate surface area is 274 Å². The average Bonchev–Trinajstić information content (AvgIpc) is 3.45. The summed E-state index contributed by atoms with van der Waals surface area (Å²) in [6, 6.07) is 11.2. The average molecular weight is 646 g/mol. The first-order valence-electron chi connectivity index (χ1n) is 16.0. The maximum atomic E-state index is 13.8. The number of hydrogen-bond acceptors (Lipinski definition) is 7. The van der Waals surface area contributed by atoms with Crippen LogP contribution in [0, 0.1) is 12.8 Å². The van der Waals surface area contributed by atoms with E-state index in [0.29, 0.717) is 12.1 Å². The normalized spacial score (nSPS) is 23.2. The van der Waals surface area contributed by atoms with E-state index in [9.17, 15) is 24.0 Å². The second kappa shape index (κ2) is 14.8. The summed E-state index contributed by atoms with van der Waals surface area (Å²) in [6.07, 6.45) is 2.30. The van der Waals surface area contributed by atoms with Crippen molar-refractivity contribution in [3.63, 3.8) is 0 Å². The van der Waals surface area contributed by atoms with Crippen molar-refractivity contribution in [2.24, 2.45) is 5.92 Å². The fraction of sp³-hybridized carbons (Fsp3) is 0.471. The van der Waals surface area contributed by atoms with Crippen LogP contribution in [0.3, 0.4) is 0 Å². The predicted octanol–water partition coefficient (Wildman–Crippen LogP) is 0.628. The minimum absolute atomic E-state index is 0.0118. The van der Waals surface area contributed by atoms with Gasteiger partial charge in [0.1, 0.15) is 17.7 Å². The number of pyridine rings is 1. The minimum Gasteiger partial charge on any atom is -0.360 e. The highest BCUT2D eigenvalue weighted by atomic mass is 16.5. The number of morpholine rings is 1. The van der Waals surface area contributed by atoms with Gasteiger partial charge in [-0.05, 0) is 36.5 Å². The highest BCUT2D eigenvalue weighted by molar-refractivity contribution is 5.93. The van der Waals surface area contributed by atoms with Gasteiger partial charge in [0.05, 0.1) is 31.3 Å². The molecular weight excluding hydrogens is 602 g/mol. The van der Waals surface area contributed by atoms with Crippen LogP contribution in [-0.4, -0.2) is 106 Å². The second-order valence-corrected chi connectivity index (χ2v) is 12.8. The van der Waals surface area contributed by atoms with Gasteiger partial charge in [0, 0.05) is 39.0 Å². The SMILES string of the molecule is Cc1cccn2c(CC(=O)N3C[C@H]4CNC(=O)[C@H](CC(C)C)NC(=O)CN(C)C(=O)[C@@H](Cc5ccccc5)NC(=O)[C@@H](C3)O4)cnc12. The maximum Gasteiger partial charge on any atom is 0.251 e. The number of aromatic nitrogens is 2.